The molecule has 7 heteroatoms. The van der Waals surface area contributed by atoms with Crippen LogP contribution in [0.4, 0.5) is 4.79 Å². The number of nitrogens with zero attached hydrogens (tertiary/aromatic N) is 2. The zero-order valence-corrected chi connectivity index (χ0v) is 15.4. The zero-order valence-electron chi connectivity index (χ0n) is 14.5. The van der Waals surface area contributed by atoms with E-state index < -0.39 is 24.1 Å². The van der Waals surface area contributed by atoms with Crippen LogP contribution in [0.25, 0.3) is 0 Å². The second-order valence-electron chi connectivity index (χ2n) is 6.37. The zero-order chi connectivity index (χ0) is 18.6. The van der Waals surface area contributed by atoms with Crippen molar-refractivity contribution in [2.24, 2.45) is 5.92 Å². The van der Waals surface area contributed by atoms with Crippen LogP contribution in [0, 0.1) is 5.92 Å². The van der Waals surface area contributed by atoms with Crippen LogP contribution in [0.3, 0.4) is 0 Å². The Labute approximate surface area is 153 Å². The third-order valence-corrected chi connectivity index (χ3v) is 5.11. The van der Waals surface area contributed by atoms with Crippen molar-refractivity contribution in [3.8, 4) is 0 Å². The van der Waals surface area contributed by atoms with Gasteiger partial charge in [0.05, 0.1) is 6.04 Å². The van der Waals surface area contributed by atoms with Crippen LogP contribution in [0.1, 0.15) is 25.8 Å². The van der Waals surface area contributed by atoms with E-state index in [9.17, 15) is 19.5 Å². The van der Waals surface area contributed by atoms with Crippen LogP contribution in [0.15, 0.2) is 30.3 Å². The highest BCUT2D eigenvalue weighted by molar-refractivity contribution is 7.80. The monoisotopic (exact) mass is 364 g/mol. The van der Waals surface area contributed by atoms with Crippen LogP contribution in [-0.2, 0) is 16.0 Å². The minimum atomic E-state index is -1.08. The van der Waals surface area contributed by atoms with Gasteiger partial charge >= 0.3 is 12.0 Å². The third-order valence-electron chi connectivity index (χ3n) is 4.69. The summed E-state index contributed by atoms with van der Waals surface area (Å²) in [5, 5.41) is 9.52. The van der Waals surface area contributed by atoms with Crippen LogP contribution in [0.2, 0.25) is 0 Å². The van der Waals surface area contributed by atoms with Crippen LogP contribution in [-0.4, -0.2) is 57.2 Å². The van der Waals surface area contributed by atoms with E-state index >= 15 is 0 Å². The molecular formula is C18H24N2O4S. The van der Waals surface area contributed by atoms with Gasteiger partial charge in [0, 0.05) is 5.75 Å². The highest BCUT2D eigenvalue weighted by atomic mass is 32.1. The van der Waals surface area contributed by atoms with E-state index in [1.54, 1.807) is 6.92 Å². The number of urea groups is 1. The van der Waals surface area contributed by atoms with E-state index in [0.717, 1.165) is 5.56 Å². The van der Waals surface area contributed by atoms with Crippen molar-refractivity contribution in [3.05, 3.63) is 35.9 Å². The van der Waals surface area contributed by atoms with Crippen LogP contribution >= 0.6 is 12.6 Å². The maximum Gasteiger partial charge on any atom is 0.328 e. The molecule has 1 N–H and O–H groups in total. The molecule has 1 heterocycles. The number of rotatable bonds is 8. The number of carbonyl (C=O) groups is 3. The van der Waals surface area contributed by atoms with Gasteiger partial charge in [-0.1, -0.05) is 50.6 Å². The number of imide groups is 1. The molecule has 1 aliphatic heterocycles. The number of hydrogen-bond acceptors (Lipinski definition) is 4. The molecule has 0 radical (unpaired) electrons. The van der Waals surface area contributed by atoms with Crippen molar-refractivity contribution in [3.63, 3.8) is 0 Å². The summed E-state index contributed by atoms with van der Waals surface area (Å²) < 4.78 is 0. The first-order valence-corrected chi connectivity index (χ1v) is 9.04. The van der Waals surface area contributed by atoms with Crippen molar-refractivity contribution in [1.29, 1.82) is 0 Å². The molecule has 1 aliphatic rings. The van der Waals surface area contributed by atoms with Gasteiger partial charge in [0.1, 0.15) is 12.6 Å². The summed E-state index contributed by atoms with van der Waals surface area (Å²) in [5.41, 5.74) is 0.998. The third kappa shape index (κ3) is 4.15. The minimum absolute atomic E-state index is 0.195. The molecule has 6 nitrogen and oxygen atoms in total. The van der Waals surface area contributed by atoms with E-state index in [1.165, 1.54) is 9.80 Å². The van der Waals surface area contributed by atoms with Gasteiger partial charge in [-0.05, 0) is 17.9 Å². The lowest BCUT2D eigenvalue weighted by Gasteiger charge is -2.30. The number of carbonyl (C=O) groups excluding carboxylic acids is 2. The standard InChI is InChI=1S/C18H24N2O4S/c1-3-12(2)16(17(22)23)19-10-15(21)20(18(19)24)14(11-25)9-13-7-5-4-6-8-13/h4-8,12,14,16,25H,3,9-11H2,1-2H3,(H,22,23)/t12?,14?,16-/m0/s1. The number of carboxylic acid groups (broad SMARTS) is 1. The number of aliphatic carboxylic acids is 1. The molecule has 2 rings (SSSR count). The second kappa shape index (κ2) is 8.38. The topological polar surface area (TPSA) is 77.9 Å². The van der Waals surface area contributed by atoms with Crippen molar-refractivity contribution < 1.29 is 19.5 Å². The number of amides is 3. The summed E-state index contributed by atoms with van der Waals surface area (Å²) in [6, 6.07) is 7.62. The van der Waals surface area contributed by atoms with E-state index in [4.69, 9.17) is 0 Å². The first kappa shape index (κ1) is 19.3. The number of thiol groups is 1. The summed E-state index contributed by atoms with van der Waals surface area (Å²) >= 11 is 4.30. The molecule has 3 amide bonds. The van der Waals surface area contributed by atoms with Crippen molar-refractivity contribution in [2.45, 2.75) is 38.8 Å². The predicted molar refractivity (Wildman–Crippen MR) is 97.6 cm³/mol. The molecule has 3 atom stereocenters. The molecule has 0 bridgehead atoms. The van der Waals surface area contributed by atoms with Gasteiger partial charge in [0.25, 0.3) is 5.91 Å². The molecule has 0 aromatic heterocycles. The summed E-state index contributed by atoms with van der Waals surface area (Å²) in [6.07, 6.45) is 1.10. The summed E-state index contributed by atoms with van der Waals surface area (Å²) in [6.45, 7) is 3.45. The molecule has 25 heavy (non-hydrogen) atoms. The largest absolute Gasteiger partial charge is 0.480 e. The Morgan fingerprint density at radius 3 is 2.44 bits per heavy atom. The second-order valence-corrected chi connectivity index (χ2v) is 6.73. The normalized spacial score (nSPS) is 18.4. The molecule has 2 unspecified atom stereocenters. The van der Waals surface area contributed by atoms with Gasteiger partial charge in [-0.2, -0.15) is 12.6 Å². The first-order chi connectivity index (χ1) is 11.9. The van der Waals surface area contributed by atoms with E-state index in [0.29, 0.717) is 18.6 Å². The summed E-state index contributed by atoms with van der Waals surface area (Å²) in [7, 11) is 0. The number of hydrogen-bond donors (Lipinski definition) is 2. The van der Waals surface area contributed by atoms with Gasteiger partial charge in [0.15, 0.2) is 0 Å². The molecule has 0 saturated carbocycles. The molecule has 1 saturated heterocycles. The van der Waals surface area contributed by atoms with E-state index in [-0.39, 0.29) is 18.4 Å². The summed E-state index contributed by atoms with van der Waals surface area (Å²) in [5.74, 6) is -1.36. The maximum atomic E-state index is 12.8. The quantitative estimate of drug-likeness (QED) is 0.548. The van der Waals surface area contributed by atoms with Crippen LogP contribution in [0.5, 0.6) is 0 Å². The Bertz CT molecular complexity index is 637. The van der Waals surface area contributed by atoms with E-state index in [2.05, 4.69) is 12.6 Å². The highest BCUT2D eigenvalue weighted by Crippen LogP contribution is 2.24. The first-order valence-electron chi connectivity index (χ1n) is 8.40. The van der Waals surface area contributed by atoms with Crippen molar-refractivity contribution in [1.82, 2.24) is 9.80 Å². The fourth-order valence-electron chi connectivity index (χ4n) is 3.14. The summed E-state index contributed by atoms with van der Waals surface area (Å²) in [4.78, 5) is 39.3. The SMILES string of the molecule is CCC(C)[C@@H](C(=O)O)N1CC(=O)N(C(CS)Cc2ccccc2)C1=O. The van der Waals surface area contributed by atoms with Gasteiger partial charge in [-0.25, -0.2) is 9.59 Å². The lowest BCUT2D eigenvalue weighted by atomic mass is 9.98. The number of carboxylic acids is 1. The highest BCUT2D eigenvalue weighted by Gasteiger charge is 2.46. The van der Waals surface area contributed by atoms with Crippen LogP contribution < -0.4 is 0 Å². The molecule has 136 valence electrons. The van der Waals surface area contributed by atoms with Gasteiger partial charge in [-0.15, -0.1) is 0 Å². The molecule has 1 aromatic rings. The van der Waals surface area contributed by atoms with Gasteiger partial charge in [-0.3, -0.25) is 9.69 Å². The lowest BCUT2D eigenvalue weighted by Crippen LogP contribution is -2.49. The van der Waals surface area contributed by atoms with E-state index in [1.807, 2.05) is 37.3 Å². The average molecular weight is 364 g/mol. The smallest absolute Gasteiger partial charge is 0.328 e. The minimum Gasteiger partial charge on any atom is -0.480 e. The molecule has 1 aromatic carbocycles. The van der Waals surface area contributed by atoms with Gasteiger partial charge < -0.3 is 10.0 Å². The Hall–Kier alpha value is -2.02. The number of benzene rings is 1. The fraction of sp³-hybridized carbons (Fsp3) is 0.500. The Balaban J connectivity index is 2.22. The maximum absolute atomic E-state index is 12.8. The lowest BCUT2D eigenvalue weighted by molar-refractivity contribution is -0.143. The average Bonchev–Trinajstić information content (AvgIpc) is 2.88. The van der Waals surface area contributed by atoms with Crippen molar-refractivity contribution in [2.75, 3.05) is 12.3 Å². The Morgan fingerprint density at radius 1 is 1.28 bits per heavy atom. The predicted octanol–water partition coefficient (Wildman–Crippen LogP) is 2.29. The van der Waals surface area contributed by atoms with Crippen molar-refractivity contribution >= 4 is 30.5 Å². The molecule has 0 aliphatic carbocycles. The molecule has 0 spiro atoms. The fourth-order valence-corrected chi connectivity index (χ4v) is 3.43. The Kier molecular flexibility index (Phi) is 6.47. The van der Waals surface area contributed by atoms with Gasteiger partial charge in [0.2, 0.25) is 0 Å². The Morgan fingerprint density at radius 2 is 1.92 bits per heavy atom. The molecular weight excluding hydrogens is 340 g/mol. The molecule has 1 fully saturated rings.